The molecule has 0 radical (unpaired) electrons. The van der Waals surface area contributed by atoms with E-state index in [1.54, 1.807) is 0 Å². The molecular formula is C15H33BrMg. The molecule has 0 aromatic carbocycles. The van der Waals surface area contributed by atoms with Gasteiger partial charge in [-0.25, -0.2) is 0 Å². The fraction of sp³-hybridized carbons (Fsp3) is 1.00. The Morgan fingerprint density at radius 2 is 0.882 bits per heavy atom. The molecule has 0 amide bonds. The van der Waals surface area contributed by atoms with E-state index in [1.807, 2.05) is 0 Å². The van der Waals surface area contributed by atoms with Gasteiger partial charge in [-0.05, 0) is 6.42 Å². The Morgan fingerprint density at radius 1 is 0.588 bits per heavy atom. The standard InChI is InChI=1S/C15H31Br.Mg.2H/c1-2-3-4-5-6-7-8-9-10-11-12-13-14-15-16;;;/h2-15H2,1H3;;;/q;+2;2*-1. The number of unbranched alkanes of at least 4 members (excludes halogenated alkanes) is 12. The smallest absolute Gasteiger partial charge is 1.00 e. The van der Waals surface area contributed by atoms with E-state index < -0.39 is 0 Å². The fourth-order valence-corrected chi connectivity index (χ4v) is 2.51. The fourth-order valence-electron chi connectivity index (χ4n) is 2.11. The van der Waals surface area contributed by atoms with Gasteiger partial charge in [-0.3, -0.25) is 0 Å². The Morgan fingerprint density at radius 3 is 1.18 bits per heavy atom. The Hall–Kier alpha value is 1.25. The molecule has 0 saturated carbocycles. The van der Waals surface area contributed by atoms with Crippen LogP contribution < -0.4 is 0 Å². The van der Waals surface area contributed by atoms with E-state index in [-0.39, 0.29) is 25.9 Å². The Labute approximate surface area is 137 Å². The molecule has 0 unspecified atom stereocenters. The molecule has 0 spiro atoms. The van der Waals surface area contributed by atoms with Crippen LogP contribution in [0.15, 0.2) is 0 Å². The van der Waals surface area contributed by atoms with Crippen molar-refractivity contribution in [2.24, 2.45) is 0 Å². The summed E-state index contributed by atoms with van der Waals surface area (Å²) in [6.07, 6.45) is 18.8. The van der Waals surface area contributed by atoms with Gasteiger partial charge in [0, 0.05) is 5.33 Å². The van der Waals surface area contributed by atoms with Crippen molar-refractivity contribution in [3.8, 4) is 0 Å². The Kier molecular flexibility index (Phi) is 23.7. The van der Waals surface area contributed by atoms with Gasteiger partial charge >= 0.3 is 23.1 Å². The van der Waals surface area contributed by atoms with Gasteiger partial charge in [-0.2, -0.15) is 0 Å². The van der Waals surface area contributed by atoms with Gasteiger partial charge in [-0.1, -0.05) is 99.9 Å². The molecule has 0 fully saturated rings. The van der Waals surface area contributed by atoms with Gasteiger partial charge < -0.3 is 2.85 Å². The third-order valence-corrected chi connectivity index (χ3v) is 3.80. The second-order valence-electron chi connectivity index (χ2n) is 4.93. The molecule has 0 rings (SSSR count). The van der Waals surface area contributed by atoms with Gasteiger partial charge in [0.15, 0.2) is 0 Å². The van der Waals surface area contributed by atoms with Gasteiger partial charge in [0.05, 0.1) is 0 Å². The molecule has 0 aliphatic carbocycles. The van der Waals surface area contributed by atoms with Crippen LogP contribution in [0.3, 0.4) is 0 Å². The molecule has 0 bridgehead atoms. The van der Waals surface area contributed by atoms with Crippen LogP contribution in [0.4, 0.5) is 0 Å². The van der Waals surface area contributed by atoms with Crippen LogP contribution in [0.1, 0.15) is 93.2 Å². The minimum Gasteiger partial charge on any atom is -1.00 e. The normalized spacial score (nSPS) is 10.2. The quantitative estimate of drug-likeness (QED) is 0.212. The molecule has 0 nitrogen and oxygen atoms in total. The zero-order chi connectivity index (χ0) is 11.9. The number of hydrogen-bond acceptors (Lipinski definition) is 0. The Balaban J connectivity index is -0.000000375. The zero-order valence-corrected chi connectivity index (χ0v) is 15.0. The molecule has 102 valence electrons. The van der Waals surface area contributed by atoms with Crippen molar-refractivity contribution in [1.29, 1.82) is 0 Å². The summed E-state index contributed by atoms with van der Waals surface area (Å²) in [5.41, 5.74) is 0. The SMILES string of the molecule is CCCCCCCCCCCCCCCBr.[H-].[H-].[Mg+2]. The van der Waals surface area contributed by atoms with E-state index in [9.17, 15) is 0 Å². The van der Waals surface area contributed by atoms with Crippen molar-refractivity contribution in [2.75, 3.05) is 5.33 Å². The van der Waals surface area contributed by atoms with Gasteiger partial charge in [0.25, 0.3) is 0 Å². The summed E-state index contributed by atoms with van der Waals surface area (Å²) < 4.78 is 0. The molecule has 0 aliphatic heterocycles. The average Bonchev–Trinajstić information content (AvgIpc) is 2.31. The summed E-state index contributed by atoms with van der Waals surface area (Å²) >= 11 is 3.48. The van der Waals surface area contributed by atoms with Crippen molar-refractivity contribution in [2.45, 2.75) is 90.4 Å². The molecule has 0 heterocycles. The predicted octanol–water partition coefficient (Wildman–Crippen LogP) is 6.32. The molecule has 0 aromatic rings. The topological polar surface area (TPSA) is 0 Å². The summed E-state index contributed by atoms with van der Waals surface area (Å²) in [6, 6.07) is 0. The maximum absolute atomic E-state index is 3.48. The molecule has 0 saturated heterocycles. The summed E-state index contributed by atoms with van der Waals surface area (Å²) in [5, 5.41) is 1.19. The maximum atomic E-state index is 3.48. The molecule has 0 aromatic heterocycles. The van der Waals surface area contributed by atoms with Crippen molar-refractivity contribution >= 4 is 39.0 Å². The van der Waals surface area contributed by atoms with E-state index in [0.717, 1.165) is 0 Å². The first-order valence-corrected chi connectivity index (χ1v) is 8.60. The molecule has 2 heteroatoms. The van der Waals surface area contributed by atoms with E-state index in [0.29, 0.717) is 0 Å². The van der Waals surface area contributed by atoms with Crippen LogP contribution in [0, 0.1) is 0 Å². The molecule has 0 aliphatic rings. The maximum Gasteiger partial charge on any atom is 2.00 e. The first-order valence-electron chi connectivity index (χ1n) is 7.47. The van der Waals surface area contributed by atoms with Crippen LogP contribution in [0.5, 0.6) is 0 Å². The van der Waals surface area contributed by atoms with Crippen LogP contribution in [0.25, 0.3) is 0 Å². The minimum absolute atomic E-state index is 0. The second-order valence-corrected chi connectivity index (χ2v) is 5.72. The average molecular weight is 318 g/mol. The monoisotopic (exact) mass is 316 g/mol. The molecule has 0 N–H and O–H groups in total. The van der Waals surface area contributed by atoms with Gasteiger partial charge in [0.1, 0.15) is 0 Å². The van der Waals surface area contributed by atoms with Crippen molar-refractivity contribution in [3.05, 3.63) is 0 Å². The molecule has 17 heavy (non-hydrogen) atoms. The number of halogens is 1. The third-order valence-electron chi connectivity index (χ3n) is 3.24. The minimum atomic E-state index is 0. The number of hydrogen-bond donors (Lipinski definition) is 0. The van der Waals surface area contributed by atoms with Crippen LogP contribution in [-0.2, 0) is 0 Å². The zero-order valence-electron chi connectivity index (χ0n) is 14.0. The van der Waals surface area contributed by atoms with Crippen molar-refractivity contribution in [1.82, 2.24) is 0 Å². The van der Waals surface area contributed by atoms with E-state index in [4.69, 9.17) is 0 Å². The third kappa shape index (κ3) is 19.8. The van der Waals surface area contributed by atoms with Crippen LogP contribution in [-0.4, -0.2) is 28.4 Å². The molecular weight excluding hydrogens is 284 g/mol. The van der Waals surface area contributed by atoms with Crippen molar-refractivity contribution in [3.63, 3.8) is 0 Å². The Bertz CT molecular complexity index is 113. The van der Waals surface area contributed by atoms with Gasteiger partial charge in [0.2, 0.25) is 0 Å². The summed E-state index contributed by atoms with van der Waals surface area (Å²) in [7, 11) is 0. The summed E-state index contributed by atoms with van der Waals surface area (Å²) in [5.74, 6) is 0. The van der Waals surface area contributed by atoms with E-state index >= 15 is 0 Å². The van der Waals surface area contributed by atoms with Crippen molar-refractivity contribution < 1.29 is 2.85 Å². The number of rotatable bonds is 13. The first-order chi connectivity index (χ1) is 7.91. The number of alkyl halides is 1. The van der Waals surface area contributed by atoms with Gasteiger partial charge in [-0.15, -0.1) is 0 Å². The van der Waals surface area contributed by atoms with E-state index in [1.165, 1.54) is 88.8 Å². The summed E-state index contributed by atoms with van der Waals surface area (Å²) in [4.78, 5) is 0. The molecule has 0 atom stereocenters. The van der Waals surface area contributed by atoms with Crippen LogP contribution >= 0.6 is 15.9 Å². The predicted molar refractivity (Wildman–Crippen MR) is 87.5 cm³/mol. The largest absolute Gasteiger partial charge is 2.00 e. The first kappa shape index (κ1) is 20.6. The second kappa shape index (κ2) is 19.6. The van der Waals surface area contributed by atoms with Crippen LogP contribution in [0.2, 0.25) is 0 Å². The summed E-state index contributed by atoms with van der Waals surface area (Å²) in [6.45, 7) is 2.29. The van der Waals surface area contributed by atoms with E-state index in [2.05, 4.69) is 22.9 Å².